The van der Waals surface area contributed by atoms with Crippen molar-refractivity contribution < 1.29 is 14.3 Å². The van der Waals surface area contributed by atoms with Gasteiger partial charge in [-0.05, 0) is 53.1 Å². The maximum Gasteiger partial charge on any atom is 0.261 e. The lowest BCUT2D eigenvalue weighted by Crippen LogP contribution is -2.53. The fraction of sp³-hybridized carbons (Fsp3) is 0.412. The molecule has 1 aliphatic carbocycles. The van der Waals surface area contributed by atoms with Gasteiger partial charge in [0.1, 0.15) is 11.8 Å². The minimum Gasteiger partial charge on any atom is -0.484 e. The molecule has 0 unspecified atom stereocenters. The predicted octanol–water partition coefficient (Wildman–Crippen LogP) is 7.11. The number of amides is 2. The molecule has 0 heterocycles. The van der Waals surface area contributed by atoms with Gasteiger partial charge < -0.3 is 15.0 Å². The van der Waals surface area contributed by atoms with Gasteiger partial charge in [-0.25, -0.2) is 0 Å². The van der Waals surface area contributed by atoms with Crippen molar-refractivity contribution in [2.24, 2.45) is 0 Å². The summed E-state index contributed by atoms with van der Waals surface area (Å²) in [7, 11) is 0. The Hall–Kier alpha value is -3.31. The van der Waals surface area contributed by atoms with Gasteiger partial charge in [-0.2, -0.15) is 0 Å². The first-order chi connectivity index (χ1) is 19.2. The van der Waals surface area contributed by atoms with E-state index in [1.807, 2.05) is 72.8 Å². The fourth-order valence-corrected chi connectivity index (χ4v) is 5.38. The molecule has 3 aromatic carbocycles. The number of carbonyl (C=O) groups is 2. The Morgan fingerprint density at radius 3 is 2.23 bits per heavy atom. The van der Waals surface area contributed by atoms with Crippen LogP contribution >= 0.6 is 11.6 Å². The molecule has 0 aliphatic heterocycles. The lowest BCUT2D eigenvalue weighted by Gasteiger charge is -2.33. The second kappa shape index (κ2) is 13.8. The monoisotopic (exact) mass is 560 g/mol. The van der Waals surface area contributed by atoms with Crippen molar-refractivity contribution in [2.75, 3.05) is 6.61 Å². The standard InChI is InChI=1S/C34H41ClN2O3/c1-34(2,3)27-18-20-29(21-19-27)40-24-32(38)37(23-26-14-10-11-17-30(26)35)31(22-25-12-6-4-7-13-25)33(39)36-28-15-8-5-9-16-28/h4,6-7,10-14,17-21,28,31H,5,8-9,15-16,22-24H2,1-3H3,(H,36,39)/t31-/m1/s1. The minimum absolute atomic E-state index is 0.0243. The van der Waals surface area contributed by atoms with Crippen molar-refractivity contribution in [3.8, 4) is 5.75 Å². The molecule has 212 valence electrons. The maximum absolute atomic E-state index is 13.9. The highest BCUT2D eigenvalue weighted by molar-refractivity contribution is 6.31. The molecule has 1 fully saturated rings. The number of hydrogen-bond acceptors (Lipinski definition) is 3. The molecule has 4 rings (SSSR count). The highest BCUT2D eigenvalue weighted by Crippen LogP contribution is 2.25. The molecule has 0 saturated heterocycles. The Morgan fingerprint density at radius 1 is 0.925 bits per heavy atom. The number of hydrogen-bond donors (Lipinski definition) is 1. The molecule has 0 aromatic heterocycles. The number of benzene rings is 3. The number of halogens is 1. The largest absolute Gasteiger partial charge is 0.484 e. The van der Waals surface area contributed by atoms with E-state index in [2.05, 4.69) is 26.1 Å². The molecular weight excluding hydrogens is 520 g/mol. The molecule has 0 spiro atoms. The Labute approximate surface area is 243 Å². The molecule has 1 atom stereocenters. The molecule has 1 saturated carbocycles. The van der Waals surface area contributed by atoms with E-state index in [-0.39, 0.29) is 36.4 Å². The zero-order valence-electron chi connectivity index (χ0n) is 23.9. The third-order valence-electron chi connectivity index (χ3n) is 7.60. The topological polar surface area (TPSA) is 58.6 Å². The Balaban J connectivity index is 1.59. The van der Waals surface area contributed by atoms with Crippen LogP contribution in [0.5, 0.6) is 5.75 Å². The summed E-state index contributed by atoms with van der Waals surface area (Å²) < 4.78 is 5.96. The van der Waals surface area contributed by atoms with E-state index in [0.29, 0.717) is 17.2 Å². The maximum atomic E-state index is 13.9. The normalized spacial score (nSPS) is 14.8. The van der Waals surface area contributed by atoms with Gasteiger partial charge in [-0.15, -0.1) is 0 Å². The van der Waals surface area contributed by atoms with Crippen molar-refractivity contribution in [1.82, 2.24) is 10.2 Å². The Bertz CT molecular complexity index is 1250. The second-order valence-corrected chi connectivity index (χ2v) is 12.1. The van der Waals surface area contributed by atoms with Crippen LogP contribution < -0.4 is 10.1 Å². The lowest BCUT2D eigenvalue weighted by atomic mass is 9.87. The van der Waals surface area contributed by atoms with Gasteiger partial charge in [-0.1, -0.05) is 112 Å². The summed E-state index contributed by atoms with van der Waals surface area (Å²) in [6.45, 7) is 6.50. The summed E-state index contributed by atoms with van der Waals surface area (Å²) in [5.41, 5.74) is 2.99. The number of ether oxygens (including phenoxy) is 1. The second-order valence-electron chi connectivity index (χ2n) is 11.7. The summed E-state index contributed by atoms with van der Waals surface area (Å²) >= 11 is 6.53. The van der Waals surface area contributed by atoms with Crippen LogP contribution in [-0.4, -0.2) is 35.4 Å². The first kappa shape index (κ1) is 29.7. The van der Waals surface area contributed by atoms with E-state index in [4.69, 9.17) is 16.3 Å². The van der Waals surface area contributed by atoms with Gasteiger partial charge >= 0.3 is 0 Å². The number of carbonyl (C=O) groups excluding carboxylic acids is 2. The summed E-state index contributed by atoms with van der Waals surface area (Å²) in [5, 5.41) is 3.82. The van der Waals surface area contributed by atoms with Crippen molar-refractivity contribution in [1.29, 1.82) is 0 Å². The molecule has 0 radical (unpaired) electrons. The number of rotatable bonds is 10. The van der Waals surface area contributed by atoms with Crippen LogP contribution in [0.15, 0.2) is 78.9 Å². The van der Waals surface area contributed by atoms with Crippen molar-refractivity contribution in [3.63, 3.8) is 0 Å². The van der Waals surface area contributed by atoms with Gasteiger partial charge in [-0.3, -0.25) is 9.59 Å². The molecule has 5 nitrogen and oxygen atoms in total. The summed E-state index contributed by atoms with van der Waals surface area (Å²) in [6.07, 6.45) is 5.75. The van der Waals surface area contributed by atoms with Gasteiger partial charge in [0, 0.05) is 24.0 Å². The third-order valence-corrected chi connectivity index (χ3v) is 7.97. The summed E-state index contributed by atoms with van der Waals surface area (Å²) in [5.74, 6) is 0.218. The van der Waals surface area contributed by atoms with Gasteiger partial charge in [0.2, 0.25) is 5.91 Å². The zero-order chi connectivity index (χ0) is 28.5. The molecular formula is C34H41ClN2O3. The van der Waals surface area contributed by atoms with Gasteiger partial charge in [0.05, 0.1) is 0 Å². The van der Waals surface area contributed by atoms with Gasteiger partial charge in [0.15, 0.2) is 6.61 Å². The smallest absolute Gasteiger partial charge is 0.261 e. The Kier molecular flexibility index (Phi) is 10.3. The zero-order valence-corrected chi connectivity index (χ0v) is 24.6. The van der Waals surface area contributed by atoms with Crippen molar-refractivity contribution in [2.45, 2.75) is 83.3 Å². The number of nitrogens with zero attached hydrogens (tertiary/aromatic N) is 1. The van der Waals surface area contributed by atoms with E-state index >= 15 is 0 Å². The molecule has 6 heteroatoms. The minimum atomic E-state index is -0.708. The average molecular weight is 561 g/mol. The van der Waals surface area contributed by atoms with E-state index < -0.39 is 6.04 Å². The first-order valence-electron chi connectivity index (χ1n) is 14.3. The third kappa shape index (κ3) is 8.34. The van der Waals surface area contributed by atoms with Crippen LogP contribution in [0, 0.1) is 0 Å². The predicted molar refractivity (Wildman–Crippen MR) is 162 cm³/mol. The highest BCUT2D eigenvalue weighted by atomic mass is 35.5. The summed E-state index contributed by atoms with van der Waals surface area (Å²) in [6, 6.07) is 24.6. The lowest BCUT2D eigenvalue weighted by molar-refractivity contribution is -0.143. The quantitative estimate of drug-likeness (QED) is 0.287. The molecule has 3 aromatic rings. The van der Waals surface area contributed by atoms with E-state index in [1.165, 1.54) is 12.0 Å². The van der Waals surface area contributed by atoms with Crippen molar-refractivity contribution in [3.05, 3.63) is 101 Å². The first-order valence-corrected chi connectivity index (χ1v) is 14.7. The van der Waals surface area contributed by atoms with E-state index in [9.17, 15) is 9.59 Å². The molecule has 1 aliphatic rings. The van der Waals surface area contributed by atoms with E-state index in [1.54, 1.807) is 11.0 Å². The van der Waals surface area contributed by atoms with Crippen LogP contribution in [0.2, 0.25) is 5.02 Å². The fourth-order valence-electron chi connectivity index (χ4n) is 5.19. The van der Waals surface area contributed by atoms with Crippen LogP contribution in [0.3, 0.4) is 0 Å². The highest BCUT2D eigenvalue weighted by Gasteiger charge is 2.32. The summed E-state index contributed by atoms with van der Waals surface area (Å²) in [4.78, 5) is 29.4. The Morgan fingerprint density at radius 2 is 1.57 bits per heavy atom. The molecule has 2 amide bonds. The van der Waals surface area contributed by atoms with E-state index in [0.717, 1.165) is 36.8 Å². The van der Waals surface area contributed by atoms with Crippen LogP contribution in [0.25, 0.3) is 0 Å². The average Bonchev–Trinajstić information content (AvgIpc) is 2.95. The van der Waals surface area contributed by atoms with Gasteiger partial charge in [0.25, 0.3) is 5.91 Å². The molecule has 40 heavy (non-hydrogen) atoms. The van der Waals surface area contributed by atoms with Crippen LogP contribution in [0.4, 0.5) is 0 Å². The number of nitrogens with one attached hydrogen (secondary N) is 1. The molecule has 0 bridgehead atoms. The SMILES string of the molecule is CC(C)(C)c1ccc(OCC(=O)N(Cc2ccccc2Cl)[C@H](Cc2ccccc2)C(=O)NC2CCCCC2)cc1. The molecule has 1 N–H and O–H groups in total. The van der Waals surface area contributed by atoms with Crippen LogP contribution in [-0.2, 0) is 28.0 Å². The van der Waals surface area contributed by atoms with Crippen LogP contribution in [0.1, 0.15) is 69.6 Å². The van der Waals surface area contributed by atoms with Crippen molar-refractivity contribution >= 4 is 23.4 Å².